The summed E-state index contributed by atoms with van der Waals surface area (Å²) in [4.78, 5) is 21.3. The summed E-state index contributed by atoms with van der Waals surface area (Å²) >= 11 is 1.70. The van der Waals surface area contributed by atoms with Gasteiger partial charge in [0.1, 0.15) is 5.82 Å². The van der Waals surface area contributed by atoms with Crippen molar-refractivity contribution in [3.63, 3.8) is 0 Å². The van der Waals surface area contributed by atoms with Crippen LogP contribution in [0.25, 0.3) is 0 Å². The number of nitrogens with one attached hydrogen (secondary N) is 1. The Kier molecular flexibility index (Phi) is 6.63. The van der Waals surface area contributed by atoms with Gasteiger partial charge in [0, 0.05) is 32.4 Å². The normalized spacial score (nSPS) is 17.8. The molecule has 3 rings (SSSR count). The van der Waals surface area contributed by atoms with Crippen LogP contribution in [-0.2, 0) is 6.54 Å². The number of carbonyl (C=O) groups excluding carboxylic acids is 1. The lowest BCUT2D eigenvalue weighted by Crippen LogP contribution is -2.39. The van der Waals surface area contributed by atoms with Gasteiger partial charge in [-0.1, -0.05) is 6.42 Å². The molecule has 6 heteroatoms. The number of aromatic nitrogens is 1. The van der Waals surface area contributed by atoms with Gasteiger partial charge in [-0.2, -0.15) is 11.3 Å². The average Bonchev–Trinajstić information content (AvgIpc) is 3.16. The first-order valence-electron chi connectivity index (χ1n) is 9.30. The van der Waals surface area contributed by atoms with Gasteiger partial charge < -0.3 is 15.1 Å². The summed E-state index contributed by atoms with van der Waals surface area (Å²) in [5.74, 6) is 0.833. The molecule has 2 aromatic heterocycles. The maximum absolute atomic E-state index is 12.3. The van der Waals surface area contributed by atoms with E-state index in [0.717, 1.165) is 18.8 Å². The maximum atomic E-state index is 12.3. The van der Waals surface area contributed by atoms with Gasteiger partial charge in [0.25, 0.3) is 5.91 Å². The number of pyridine rings is 1. The van der Waals surface area contributed by atoms with Crippen LogP contribution in [0.3, 0.4) is 0 Å². The zero-order chi connectivity index (χ0) is 18.4. The van der Waals surface area contributed by atoms with E-state index in [0.29, 0.717) is 18.2 Å². The van der Waals surface area contributed by atoms with E-state index in [1.165, 1.54) is 31.4 Å². The Hall–Kier alpha value is -1.92. The van der Waals surface area contributed by atoms with Crippen LogP contribution >= 0.6 is 11.3 Å². The minimum Gasteiger partial charge on any atom is -0.355 e. The van der Waals surface area contributed by atoms with Gasteiger partial charge in [0.2, 0.25) is 0 Å². The van der Waals surface area contributed by atoms with E-state index in [9.17, 15) is 4.79 Å². The lowest BCUT2D eigenvalue weighted by molar-refractivity contribution is 0.0945. The predicted octanol–water partition coefficient (Wildman–Crippen LogP) is 3.38. The van der Waals surface area contributed by atoms with Gasteiger partial charge >= 0.3 is 0 Å². The van der Waals surface area contributed by atoms with E-state index in [1.54, 1.807) is 17.5 Å². The van der Waals surface area contributed by atoms with Crippen LogP contribution < -0.4 is 10.2 Å². The SMILES string of the molecule is CN(Cc1ccsc1)c1ccc(C(=O)NCC[C@H]2CCCCN2C)cn1. The molecule has 1 aliphatic rings. The zero-order valence-corrected chi connectivity index (χ0v) is 16.5. The van der Waals surface area contributed by atoms with Crippen molar-refractivity contribution in [1.82, 2.24) is 15.2 Å². The number of amides is 1. The number of nitrogens with zero attached hydrogens (tertiary/aromatic N) is 3. The predicted molar refractivity (Wildman–Crippen MR) is 108 cm³/mol. The number of rotatable bonds is 7. The standard InChI is InChI=1S/C20H28N4OS/c1-23-11-4-3-5-18(23)8-10-21-20(25)17-6-7-19(22-13-17)24(2)14-16-9-12-26-15-16/h6-7,9,12-13,15,18H,3-5,8,10-11,14H2,1-2H3,(H,21,25)/t18-/m1/s1. The summed E-state index contributed by atoms with van der Waals surface area (Å²) in [6.45, 7) is 2.70. The number of piperidine rings is 1. The van der Waals surface area contributed by atoms with Gasteiger partial charge in [-0.25, -0.2) is 4.98 Å². The van der Waals surface area contributed by atoms with Crippen molar-refractivity contribution in [3.8, 4) is 0 Å². The van der Waals surface area contributed by atoms with Crippen molar-refractivity contribution in [1.29, 1.82) is 0 Å². The average molecular weight is 373 g/mol. The molecule has 0 aliphatic carbocycles. The molecule has 0 radical (unpaired) electrons. The third kappa shape index (κ3) is 5.05. The van der Waals surface area contributed by atoms with Crippen molar-refractivity contribution in [2.75, 3.05) is 32.1 Å². The molecule has 0 spiro atoms. The van der Waals surface area contributed by atoms with E-state index in [-0.39, 0.29) is 5.91 Å². The van der Waals surface area contributed by atoms with Crippen molar-refractivity contribution in [2.45, 2.75) is 38.3 Å². The molecular formula is C20H28N4OS. The fourth-order valence-corrected chi connectivity index (χ4v) is 4.11. The smallest absolute Gasteiger partial charge is 0.252 e. The Balaban J connectivity index is 1.47. The number of hydrogen-bond acceptors (Lipinski definition) is 5. The highest BCUT2D eigenvalue weighted by Gasteiger charge is 2.18. The highest BCUT2D eigenvalue weighted by atomic mass is 32.1. The first kappa shape index (κ1) is 18.9. The Labute approximate surface area is 160 Å². The molecule has 1 saturated heterocycles. The van der Waals surface area contributed by atoms with Crippen LogP contribution in [-0.4, -0.2) is 49.0 Å². The molecule has 1 atom stereocenters. The number of hydrogen-bond donors (Lipinski definition) is 1. The van der Waals surface area contributed by atoms with E-state index < -0.39 is 0 Å². The van der Waals surface area contributed by atoms with Gasteiger partial charge in [0.05, 0.1) is 5.56 Å². The summed E-state index contributed by atoms with van der Waals surface area (Å²) in [7, 11) is 4.20. The van der Waals surface area contributed by atoms with Crippen LogP contribution in [0.4, 0.5) is 5.82 Å². The molecule has 26 heavy (non-hydrogen) atoms. The quantitative estimate of drug-likeness (QED) is 0.809. The van der Waals surface area contributed by atoms with Crippen molar-refractivity contribution in [2.24, 2.45) is 0 Å². The number of carbonyl (C=O) groups is 1. The van der Waals surface area contributed by atoms with Crippen molar-refractivity contribution >= 4 is 23.1 Å². The minimum absolute atomic E-state index is 0.0389. The second kappa shape index (κ2) is 9.14. The number of anilines is 1. The first-order chi connectivity index (χ1) is 12.6. The lowest BCUT2D eigenvalue weighted by Gasteiger charge is -2.32. The van der Waals surface area contributed by atoms with Crippen LogP contribution in [0.1, 0.15) is 41.6 Å². The van der Waals surface area contributed by atoms with Crippen molar-refractivity contribution in [3.05, 3.63) is 46.3 Å². The largest absolute Gasteiger partial charge is 0.355 e. The highest BCUT2D eigenvalue weighted by Crippen LogP contribution is 2.17. The van der Waals surface area contributed by atoms with Crippen LogP contribution in [0.15, 0.2) is 35.2 Å². The molecule has 3 heterocycles. The van der Waals surface area contributed by atoms with Crippen molar-refractivity contribution < 1.29 is 4.79 Å². The fourth-order valence-electron chi connectivity index (χ4n) is 3.45. The van der Waals surface area contributed by atoms with E-state index in [4.69, 9.17) is 0 Å². The summed E-state index contributed by atoms with van der Waals surface area (Å²) < 4.78 is 0. The molecule has 0 unspecified atom stereocenters. The maximum Gasteiger partial charge on any atom is 0.252 e. The summed E-state index contributed by atoms with van der Waals surface area (Å²) in [5.41, 5.74) is 1.89. The van der Waals surface area contributed by atoms with Crippen LogP contribution in [0.2, 0.25) is 0 Å². The topological polar surface area (TPSA) is 48.5 Å². The molecule has 1 aliphatic heterocycles. The molecule has 0 saturated carbocycles. The van der Waals surface area contributed by atoms with Gasteiger partial charge in [-0.15, -0.1) is 0 Å². The third-order valence-electron chi connectivity index (χ3n) is 5.09. The summed E-state index contributed by atoms with van der Waals surface area (Å²) in [6, 6.07) is 6.48. The summed E-state index contributed by atoms with van der Waals surface area (Å²) in [5, 5.41) is 7.25. The van der Waals surface area contributed by atoms with E-state index >= 15 is 0 Å². The van der Waals surface area contributed by atoms with Gasteiger partial charge in [-0.3, -0.25) is 4.79 Å². The minimum atomic E-state index is -0.0389. The van der Waals surface area contributed by atoms with Crippen LogP contribution in [0.5, 0.6) is 0 Å². The number of likely N-dealkylation sites (tertiary alicyclic amines) is 1. The fraction of sp³-hybridized carbons (Fsp3) is 0.500. The second-order valence-corrected chi connectivity index (χ2v) is 7.85. The Morgan fingerprint density at radius 2 is 2.27 bits per heavy atom. The highest BCUT2D eigenvalue weighted by molar-refractivity contribution is 7.07. The Morgan fingerprint density at radius 1 is 1.38 bits per heavy atom. The molecule has 0 bridgehead atoms. The summed E-state index contributed by atoms with van der Waals surface area (Å²) in [6.07, 6.45) is 6.50. The molecule has 1 N–H and O–H groups in total. The van der Waals surface area contributed by atoms with E-state index in [2.05, 4.69) is 44.0 Å². The first-order valence-corrected chi connectivity index (χ1v) is 10.2. The van der Waals surface area contributed by atoms with E-state index in [1.807, 2.05) is 19.2 Å². The van der Waals surface area contributed by atoms with Gasteiger partial charge in [0.15, 0.2) is 0 Å². The zero-order valence-electron chi connectivity index (χ0n) is 15.6. The molecule has 5 nitrogen and oxygen atoms in total. The molecule has 2 aromatic rings. The van der Waals surface area contributed by atoms with Gasteiger partial charge in [-0.05, 0) is 67.4 Å². The molecular weight excluding hydrogens is 344 g/mol. The Morgan fingerprint density at radius 3 is 2.96 bits per heavy atom. The third-order valence-corrected chi connectivity index (χ3v) is 5.82. The lowest BCUT2D eigenvalue weighted by atomic mass is 10.0. The molecule has 1 fully saturated rings. The number of thiophene rings is 1. The molecule has 1 amide bonds. The molecule has 0 aromatic carbocycles. The Bertz CT molecular complexity index is 686. The molecule has 140 valence electrons. The monoisotopic (exact) mass is 372 g/mol. The second-order valence-electron chi connectivity index (χ2n) is 7.07. The van der Waals surface area contributed by atoms with Crippen LogP contribution in [0, 0.1) is 0 Å².